The molecule has 1 aliphatic heterocycles. The number of piperidine rings is 1. The molecule has 1 aromatic heterocycles. The van der Waals surface area contributed by atoms with Gasteiger partial charge in [-0.05, 0) is 38.3 Å². The molecule has 0 amide bonds. The Bertz CT molecular complexity index is 554. The van der Waals surface area contributed by atoms with Gasteiger partial charge in [0.05, 0.1) is 4.92 Å². The number of anilines is 1. The first-order valence-electron chi connectivity index (χ1n) is 6.59. The van der Waals surface area contributed by atoms with Gasteiger partial charge in [0.15, 0.2) is 0 Å². The molecular weight excluding hydrogens is 258 g/mol. The largest absolute Gasteiger partial charge is 0.354 e. The molecule has 106 valence electrons. The molecule has 2 unspecified atom stereocenters. The summed E-state index contributed by atoms with van der Waals surface area (Å²) in [6.07, 6.45) is 2.08. The summed E-state index contributed by atoms with van der Waals surface area (Å²) in [5, 5.41) is 19.8. The minimum Gasteiger partial charge on any atom is -0.354 e. The molecule has 2 rings (SSSR count). The lowest BCUT2D eigenvalue weighted by atomic mass is 9.93. The summed E-state index contributed by atoms with van der Waals surface area (Å²) < 4.78 is 0. The summed E-state index contributed by atoms with van der Waals surface area (Å²) in [6, 6.07) is 5.03. The van der Waals surface area contributed by atoms with Gasteiger partial charge in [-0.25, -0.2) is 4.98 Å². The normalized spacial score (nSPS) is 22.4. The number of rotatable bonds is 3. The van der Waals surface area contributed by atoms with E-state index >= 15 is 0 Å². The van der Waals surface area contributed by atoms with Crippen LogP contribution in [0.4, 0.5) is 11.5 Å². The van der Waals surface area contributed by atoms with Crippen molar-refractivity contribution in [3.8, 4) is 6.07 Å². The van der Waals surface area contributed by atoms with Crippen LogP contribution in [0.1, 0.15) is 25.5 Å². The topological polar surface area (TPSA) is 109 Å². The lowest BCUT2D eigenvalue weighted by Gasteiger charge is -2.38. The number of nitrogens with two attached hydrogens (primary N) is 1. The number of nitriles is 1. The Morgan fingerprint density at radius 1 is 1.60 bits per heavy atom. The van der Waals surface area contributed by atoms with Crippen LogP contribution in [0.25, 0.3) is 0 Å². The highest BCUT2D eigenvalue weighted by molar-refractivity contribution is 5.52. The van der Waals surface area contributed by atoms with Crippen molar-refractivity contribution in [1.29, 1.82) is 5.26 Å². The maximum Gasteiger partial charge on any atom is 0.305 e. The van der Waals surface area contributed by atoms with Gasteiger partial charge in [-0.3, -0.25) is 10.1 Å². The highest BCUT2D eigenvalue weighted by Crippen LogP contribution is 2.28. The van der Waals surface area contributed by atoms with Gasteiger partial charge in [-0.15, -0.1) is 0 Å². The van der Waals surface area contributed by atoms with Gasteiger partial charge in [0.1, 0.15) is 11.9 Å². The van der Waals surface area contributed by atoms with Crippen LogP contribution in [0.2, 0.25) is 0 Å². The first-order valence-corrected chi connectivity index (χ1v) is 6.59. The van der Waals surface area contributed by atoms with E-state index in [0.717, 1.165) is 19.4 Å². The number of aromatic nitrogens is 1. The van der Waals surface area contributed by atoms with Crippen LogP contribution in [-0.4, -0.2) is 29.0 Å². The molecule has 0 saturated carbocycles. The maximum absolute atomic E-state index is 10.8. The zero-order chi connectivity index (χ0) is 14.7. The number of hydrogen-bond donors (Lipinski definition) is 1. The predicted octanol–water partition coefficient (Wildman–Crippen LogP) is 1.43. The Hall–Kier alpha value is -2.20. The minimum atomic E-state index is -0.586. The van der Waals surface area contributed by atoms with Crippen LogP contribution in [0.3, 0.4) is 0 Å². The van der Waals surface area contributed by atoms with E-state index in [4.69, 9.17) is 11.0 Å². The Morgan fingerprint density at radius 3 is 2.95 bits per heavy atom. The van der Waals surface area contributed by atoms with E-state index in [2.05, 4.69) is 16.8 Å². The fourth-order valence-electron chi connectivity index (χ4n) is 2.52. The molecule has 1 fully saturated rings. The summed E-state index contributed by atoms with van der Waals surface area (Å²) >= 11 is 0. The molecule has 0 radical (unpaired) electrons. The van der Waals surface area contributed by atoms with Crippen LogP contribution in [-0.2, 0) is 0 Å². The summed E-state index contributed by atoms with van der Waals surface area (Å²) in [5.41, 5.74) is 5.32. The van der Waals surface area contributed by atoms with Gasteiger partial charge in [-0.2, -0.15) is 5.26 Å². The van der Waals surface area contributed by atoms with Crippen molar-refractivity contribution in [2.24, 2.45) is 11.7 Å². The van der Waals surface area contributed by atoms with Crippen molar-refractivity contribution < 1.29 is 4.92 Å². The van der Waals surface area contributed by atoms with E-state index in [-0.39, 0.29) is 11.4 Å². The molecular formula is C13H17N5O2. The van der Waals surface area contributed by atoms with E-state index in [1.807, 2.05) is 0 Å². The first kappa shape index (κ1) is 14.2. The molecule has 0 aromatic carbocycles. The standard InChI is InChI=1S/C13H17N5O2/c1-9-2-3-10(6-14)8-17(9)13-5-4-12(18(19)20)11(7-15)16-13/h4-5,9-10H,2-3,6,8,14H2,1H3. The zero-order valence-corrected chi connectivity index (χ0v) is 11.3. The van der Waals surface area contributed by atoms with Gasteiger partial charge in [0, 0.05) is 18.7 Å². The molecule has 20 heavy (non-hydrogen) atoms. The third kappa shape index (κ3) is 2.70. The van der Waals surface area contributed by atoms with Gasteiger partial charge < -0.3 is 10.6 Å². The summed E-state index contributed by atoms with van der Waals surface area (Å²) in [6.45, 7) is 3.47. The summed E-state index contributed by atoms with van der Waals surface area (Å²) in [7, 11) is 0. The van der Waals surface area contributed by atoms with Gasteiger partial charge in [-0.1, -0.05) is 0 Å². The van der Waals surface area contributed by atoms with Gasteiger partial charge >= 0.3 is 5.69 Å². The maximum atomic E-state index is 10.8. The van der Waals surface area contributed by atoms with E-state index in [1.54, 1.807) is 12.1 Å². The lowest BCUT2D eigenvalue weighted by Crippen LogP contribution is -2.44. The van der Waals surface area contributed by atoms with Gasteiger partial charge in [0.2, 0.25) is 5.69 Å². The Kier molecular flexibility index (Phi) is 4.15. The molecule has 1 aliphatic rings. The first-order chi connectivity index (χ1) is 9.56. The molecule has 0 bridgehead atoms. The Morgan fingerprint density at radius 2 is 2.35 bits per heavy atom. The average Bonchev–Trinajstić information content (AvgIpc) is 2.47. The summed E-state index contributed by atoms with van der Waals surface area (Å²) in [5.74, 6) is 1.01. The van der Waals surface area contributed by atoms with E-state index in [9.17, 15) is 10.1 Å². The van der Waals surface area contributed by atoms with Crippen LogP contribution >= 0.6 is 0 Å². The van der Waals surface area contributed by atoms with Crippen molar-refractivity contribution in [1.82, 2.24) is 4.98 Å². The molecule has 0 aliphatic carbocycles. The molecule has 2 N–H and O–H groups in total. The van der Waals surface area contributed by atoms with Crippen LogP contribution < -0.4 is 10.6 Å². The monoisotopic (exact) mass is 275 g/mol. The second-order valence-electron chi connectivity index (χ2n) is 5.09. The summed E-state index contributed by atoms with van der Waals surface area (Å²) in [4.78, 5) is 16.4. The van der Waals surface area contributed by atoms with Crippen LogP contribution in [0.15, 0.2) is 12.1 Å². The number of pyridine rings is 1. The highest BCUT2D eigenvalue weighted by Gasteiger charge is 2.27. The predicted molar refractivity (Wildman–Crippen MR) is 74.2 cm³/mol. The SMILES string of the molecule is CC1CCC(CN)CN1c1ccc([N+](=O)[O-])c(C#N)n1. The van der Waals surface area contributed by atoms with E-state index in [0.29, 0.717) is 24.3 Å². The zero-order valence-electron chi connectivity index (χ0n) is 11.3. The molecule has 1 aromatic rings. The van der Waals surface area contributed by atoms with Crippen molar-refractivity contribution >= 4 is 11.5 Å². The smallest absolute Gasteiger partial charge is 0.305 e. The van der Waals surface area contributed by atoms with Gasteiger partial charge in [0.25, 0.3) is 0 Å². The van der Waals surface area contributed by atoms with Crippen molar-refractivity contribution in [2.45, 2.75) is 25.8 Å². The van der Waals surface area contributed by atoms with Crippen molar-refractivity contribution in [2.75, 3.05) is 18.0 Å². The lowest BCUT2D eigenvalue weighted by molar-refractivity contribution is -0.385. The third-order valence-corrected chi connectivity index (χ3v) is 3.77. The second kappa shape index (κ2) is 5.84. The second-order valence-corrected chi connectivity index (χ2v) is 5.09. The highest BCUT2D eigenvalue weighted by atomic mass is 16.6. The average molecular weight is 275 g/mol. The number of hydrogen-bond acceptors (Lipinski definition) is 6. The molecule has 7 heteroatoms. The fourth-order valence-corrected chi connectivity index (χ4v) is 2.52. The molecule has 2 heterocycles. The number of nitro groups is 1. The van der Waals surface area contributed by atoms with Crippen LogP contribution in [0, 0.1) is 27.4 Å². The molecule has 1 saturated heterocycles. The Labute approximate surface area is 117 Å². The number of nitrogens with zero attached hydrogens (tertiary/aromatic N) is 4. The Balaban J connectivity index is 2.32. The molecule has 0 spiro atoms. The van der Waals surface area contributed by atoms with Crippen molar-refractivity contribution in [3.05, 3.63) is 27.9 Å². The van der Waals surface area contributed by atoms with E-state index in [1.165, 1.54) is 6.07 Å². The van der Waals surface area contributed by atoms with Crippen LogP contribution in [0.5, 0.6) is 0 Å². The van der Waals surface area contributed by atoms with E-state index < -0.39 is 4.92 Å². The quantitative estimate of drug-likeness (QED) is 0.660. The molecule has 2 atom stereocenters. The minimum absolute atomic E-state index is 0.144. The molecule has 7 nitrogen and oxygen atoms in total. The third-order valence-electron chi connectivity index (χ3n) is 3.77. The fraction of sp³-hybridized carbons (Fsp3) is 0.538. The van der Waals surface area contributed by atoms with Crippen molar-refractivity contribution in [3.63, 3.8) is 0 Å².